The number of nitrogens with zero attached hydrogens (tertiary/aromatic N) is 3. The van der Waals surface area contributed by atoms with Crippen molar-refractivity contribution in [2.45, 2.75) is 13.2 Å². The number of aliphatic hydroxyl groups is 1. The number of benzene rings is 2. The van der Waals surface area contributed by atoms with Gasteiger partial charge < -0.3 is 30.2 Å². The van der Waals surface area contributed by atoms with E-state index in [4.69, 9.17) is 19.6 Å². The lowest BCUT2D eigenvalue weighted by molar-refractivity contribution is -0.231. The van der Waals surface area contributed by atoms with Crippen LogP contribution < -0.4 is 10.6 Å². The fourth-order valence-corrected chi connectivity index (χ4v) is 4.14. The van der Waals surface area contributed by atoms with Gasteiger partial charge in [-0.3, -0.25) is 4.79 Å². The van der Waals surface area contributed by atoms with Crippen molar-refractivity contribution >= 4 is 11.9 Å². The standard InChI is InChI=1S/C28H29FN6O4/c1-28(15-32-25(37)19-5-3-2-4-6-19)16-38-26(39-17-28)24-34-22(18-7-9-20(29)10-8-18)23(35-24)21-11-12-30-27(33-21)31-13-14-36/h2-12,26,36H,13-17H2,1H3,(H,32,37)(H,34,35)(H,30,31,33). The van der Waals surface area contributed by atoms with Gasteiger partial charge in [-0.05, 0) is 42.5 Å². The van der Waals surface area contributed by atoms with E-state index in [0.717, 1.165) is 0 Å². The number of hydrogen-bond acceptors (Lipinski definition) is 8. The molecule has 0 saturated carbocycles. The predicted molar refractivity (Wildman–Crippen MR) is 142 cm³/mol. The van der Waals surface area contributed by atoms with E-state index in [2.05, 4.69) is 25.6 Å². The number of aromatic nitrogens is 4. The fraction of sp³-hybridized carbons (Fsp3) is 0.286. The maximum absolute atomic E-state index is 13.6. The number of halogens is 1. The molecule has 10 nitrogen and oxygen atoms in total. The summed E-state index contributed by atoms with van der Waals surface area (Å²) in [6.45, 7) is 3.26. The highest BCUT2D eigenvalue weighted by atomic mass is 19.1. The normalized spacial score (nSPS) is 19.0. The van der Waals surface area contributed by atoms with Gasteiger partial charge >= 0.3 is 0 Å². The third kappa shape index (κ3) is 6.28. The number of hydrogen-bond donors (Lipinski definition) is 4. The molecule has 4 N–H and O–H groups in total. The molecule has 2 aromatic heterocycles. The molecule has 1 amide bonds. The minimum Gasteiger partial charge on any atom is -0.395 e. The first kappa shape index (κ1) is 26.4. The zero-order chi connectivity index (χ0) is 27.2. The second kappa shape index (κ2) is 11.7. The van der Waals surface area contributed by atoms with E-state index in [1.54, 1.807) is 36.5 Å². The van der Waals surface area contributed by atoms with Gasteiger partial charge in [0.05, 0.1) is 36.9 Å². The summed E-state index contributed by atoms with van der Waals surface area (Å²) in [6, 6.07) is 16.8. The molecule has 2 aromatic carbocycles. The zero-order valence-electron chi connectivity index (χ0n) is 21.4. The van der Waals surface area contributed by atoms with Gasteiger partial charge in [0.25, 0.3) is 5.91 Å². The molecule has 1 fully saturated rings. The number of aromatic amines is 1. The van der Waals surface area contributed by atoms with Crippen LogP contribution in [0.2, 0.25) is 0 Å². The molecule has 202 valence electrons. The number of amides is 1. The number of ether oxygens (including phenoxy) is 2. The molecule has 0 radical (unpaired) electrons. The van der Waals surface area contributed by atoms with Crippen LogP contribution in [0.5, 0.6) is 0 Å². The van der Waals surface area contributed by atoms with Crippen molar-refractivity contribution in [2.75, 3.05) is 38.2 Å². The monoisotopic (exact) mass is 532 g/mol. The van der Waals surface area contributed by atoms with Crippen LogP contribution in [0.1, 0.15) is 29.4 Å². The molecule has 0 atom stereocenters. The van der Waals surface area contributed by atoms with Gasteiger partial charge in [0.2, 0.25) is 12.2 Å². The lowest BCUT2D eigenvalue weighted by atomic mass is 9.92. The molecule has 1 aliphatic heterocycles. The lowest BCUT2D eigenvalue weighted by Gasteiger charge is -2.36. The largest absolute Gasteiger partial charge is 0.395 e. The Bertz CT molecular complexity index is 1410. The van der Waals surface area contributed by atoms with Crippen molar-refractivity contribution in [3.05, 3.63) is 84.1 Å². The lowest BCUT2D eigenvalue weighted by Crippen LogP contribution is -2.45. The average molecular weight is 533 g/mol. The fourth-order valence-electron chi connectivity index (χ4n) is 4.14. The van der Waals surface area contributed by atoms with Crippen molar-refractivity contribution in [1.82, 2.24) is 25.3 Å². The summed E-state index contributed by atoms with van der Waals surface area (Å²) >= 11 is 0. The maximum atomic E-state index is 13.6. The molecular weight excluding hydrogens is 503 g/mol. The van der Waals surface area contributed by atoms with Crippen LogP contribution >= 0.6 is 0 Å². The summed E-state index contributed by atoms with van der Waals surface area (Å²) < 4.78 is 25.7. The number of H-pyrrole nitrogens is 1. The van der Waals surface area contributed by atoms with Crippen molar-refractivity contribution in [3.63, 3.8) is 0 Å². The third-order valence-electron chi connectivity index (χ3n) is 6.25. The van der Waals surface area contributed by atoms with Gasteiger partial charge in [-0.1, -0.05) is 25.1 Å². The smallest absolute Gasteiger partial charge is 0.251 e. The molecule has 0 unspecified atom stereocenters. The van der Waals surface area contributed by atoms with Crippen LogP contribution in [0.15, 0.2) is 66.9 Å². The van der Waals surface area contributed by atoms with Crippen molar-refractivity contribution in [1.29, 1.82) is 0 Å². The van der Waals surface area contributed by atoms with Crippen LogP contribution in [-0.2, 0) is 9.47 Å². The highest BCUT2D eigenvalue weighted by Crippen LogP contribution is 2.35. The van der Waals surface area contributed by atoms with E-state index in [9.17, 15) is 9.18 Å². The van der Waals surface area contributed by atoms with Gasteiger partial charge in [-0.15, -0.1) is 0 Å². The van der Waals surface area contributed by atoms with Crippen molar-refractivity contribution in [2.24, 2.45) is 5.41 Å². The number of carbonyl (C=O) groups is 1. The molecule has 0 bridgehead atoms. The van der Waals surface area contributed by atoms with E-state index in [-0.39, 0.29) is 18.3 Å². The van der Waals surface area contributed by atoms with Gasteiger partial charge in [0.15, 0.2) is 5.82 Å². The summed E-state index contributed by atoms with van der Waals surface area (Å²) in [6.07, 6.45) is 0.824. The molecule has 39 heavy (non-hydrogen) atoms. The second-order valence-corrected chi connectivity index (χ2v) is 9.58. The molecule has 0 spiro atoms. The number of rotatable bonds is 9. The molecule has 11 heteroatoms. The number of imidazole rings is 1. The quantitative estimate of drug-likeness (QED) is 0.257. The average Bonchev–Trinajstić information content (AvgIpc) is 3.42. The number of carbonyl (C=O) groups excluding carboxylic acids is 1. The Morgan fingerprint density at radius 3 is 2.56 bits per heavy atom. The summed E-state index contributed by atoms with van der Waals surface area (Å²) in [5.41, 5.74) is 2.52. The molecule has 5 rings (SSSR count). The number of anilines is 1. The Hall–Kier alpha value is -4.19. The maximum Gasteiger partial charge on any atom is 0.251 e. The van der Waals surface area contributed by atoms with E-state index in [1.165, 1.54) is 12.1 Å². The van der Waals surface area contributed by atoms with Crippen LogP contribution in [0.4, 0.5) is 10.3 Å². The topological polar surface area (TPSA) is 134 Å². The Balaban J connectivity index is 1.34. The van der Waals surface area contributed by atoms with Gasteiger partial charge in [0.1, 0.15) is 5.82 Å². The van der Waals surface area contributed by atoms with Crippen LogP contribution in [0.25, 0.3) is 22.6 Å². The molecular formula is C28H29FN6O4. The summed E-state index contributed by atoms with van der Waals surface area (Å²) in [7, 11) is 0. The van der Waals surface area contributed by atoms with Gasteiger partial charge in [-0.2, -0.15) is 0 Å². The molecule has 3 heterocycles. The van der Waals surface area contributed by atoms with E-state index in [0.29, 0.717) is 66.3 Å². The summed E-state index contributed by atoms with van der Waals surface area (Å²) in [4.78, 5) is 29.2. The molecule has 0 aliphatic carbocycles. The molecule has 4 aromatic rings. The highest BCUT2D eigenvalue weighted by Gasteiger charge is 2.35. The van der Waals surface area contributed by atoms with Crippen molar-refractivity contribution in [3.8, 4) is 22.6 Å². The first-order valence-corrected chi connectivity index (χ1v) is 12.5. The van der Waals surface area contributed by atoms with Crippen molar-refractivity contribution < 1.29 is 23.8 Å². The Morgan fingerprint density at radius 2 is 1.85 bits per heavy atom. The summed E-state index contributed by atoms with van der Waals surface area (Å²) in [5.74, 6) is 0.270. The highest BCUT2D eigenvalue weighted by molar-refractivity contribution is 5.94. The number of nitrogens with one attached hydrogen (secondary N) is 3. The second-order valence-electron chi connectivity index (χ2n) is 9.58. The Labute approximate surface area is 224 Å². The Kier molecular flexibility index (Phi) is 7.92. The predicted octanol–water partition coefficient (Wildman–Crippen LogP) is 3.56. The third-order valence-corrected chi connectivity index (χ3v) is 6.25. The minimum atomic E-state index is -0.773. The molecule has 1 aliphatic rings. The SMILES string of the molecule is CC1(CNC(=O)c2ccccc2)COC(c2nc(-c3ccc(F)cc3)c(-c3ccnc(NCCO)n3)[nH]2)OC1. The van der Waals surface area contributed by atoms with E-state index >= 15 is 0 Å². The van der Waals surface area contributed by atoms with E-state index < -0.39 is 11.7 Å². The summed E-state index contributed by atoms with van der Waals surface area (Å²) in [5, 5.41) is 15.0. The first-order chi connectivity index (χ1) is 18.9. The van der Waals surface area contributed by atoms with Crippen LogP contribution in [0.3, 0.4) is 0 Å². The first-order valence-electron chi connectivity index (χ1n) is 12.5. The minimum absolute atomic E-state index is 0.0617. The molecule has 1 saturated heterocycles. The number of aliphatic hydroxyl groups excluding tert-OH is 1. The zero-order valence-corrected chi connectivity index (χ0v) is 21.4. The van der Waals surface area contributed by atoms with Gasteiger partial charge in [-0.25, -0.2) is 19.3 Å². The van der Waals surface area contributed by atoms with E-state index in [1.807, 2.05) is 25.1 Å². The van der Waals surface area contributed by atoms with Gasteiger partial charge in [0, 0.05) is 35.8 Å². The van der Waals surface area contributed by atoms with Crippen LogP contribution in [-0.4, -0.2) is 63.9 Å². The Morgan fingerprint density at radius 1 is 1.10 bits per heavy atom. The van der Waals surface area contributed by atoms with Crippen LogP contribution in [0, 0.1) is 11.2 Å².